The number of rotatable bonds is 6. The standard InChI is InChI=1S/C15H18F3N5/c1-10(2)7-8-19-14-22-13(9-20-23-14)21-12-6-4-3-5-11(12)15(16,17)18/h3-6,9-10H,7-8H2,1-2H3,(H2,19,21,22,23). The van der Waals surface area contributed by atoms with Gasteiger partial charge in [0.1, 0.15) is 0 Å². The number of nitrogens with one attached hydrogen (secondary N) is 2. The van der Waals surface area contributed by atoms with E-state index in [-0.39, 0.29) is 17.5 Å². The number of hydrogen-bond donors (Lipinski definition) is 2. The minimum Gasteiger partial charge on any atom is -0.353 e. The average molecular weight is 325 g/mol. The number of hydrogen-bond acceptors (Lipinski definition) is 5. The maximum atomic E-state index is 13.0. The molecule has 2 N–H and O–H groups in total. The van der Waals surface area contributed by atoms with Crippen LogP contribution >= 0.6 is 0 Å². The summed E-state index contributed by atoms with van der Waals surface area (Å²) in [4.78, 5) is 4.12. The number of para-hydroxylation sites is 1. The largest absolute Gasteiger partial charge is 0.418 e. The molecule has 1 aromatic heterocycles. The summed E-state index contributed by atoms with van der Waals surface area (Å²) in [5, 5.41) is 13.2. The second kappa shape index (κ2) is 7.26. The summed E-state index contributed by atoms with van der Waals surface area (Å²) in [5.41, 5.74) is -0.832. The highest BCUT2D eigenvalue weighted by atomic mass is 19.4. The van der Waals surface area contributed by atoms with Crippen molar-refractivity contribution in [3.8, 4) is 0 Å². The Balaban J connectivity index is 2.12. The van der Waals surface area contributed by atoms with E-state index >= 15 is 0 Å². The molecular formula is C15H18F3N5. The van der Waals surface area contributed by atoms with Crippen LogP contribution in [0.3, 0.4) is 0 Å². The summed E-state index contributed by atoms with van der Waals surface area (Å²) in [6.07, 6.45) is -2.24. The Bertz CT molecular complexity index is 643. The molecule has 8 heteroatoms. The van der Waals surface area contributed by atoms with Crippen molar-refractivity contribution >= 4 is 17.5 Å². The highest BCUT2D eigenvalue weighted by Crippen LogP contribution is 2.35. The summed E-state index contributed by atoms with van der Waals surface area (Å²) in [5.74, 6) is 0.999. The maximum Gasteiger partial charge on any atom is 0.418 e. The summed E-state index contributed by atoms with van der Waals surface area (Å²) in [6.45, 7) is 4.85. The first-order valence-corrected chi connectivity index (χ1v) is 7.23. The quantitative estimate of drug-likeness (QED) is 0.837. The first-order valence-electron chi connectivity index (χ1n) is 7.23. The monoisotopic (exact) mass is 325 g/mol. The molecule has 2 aromatic rings. The van der Waals surface area contributed by atoms with Crippen LogP contribution in [0.15, 0.2) is 30.5 Å². The summed E-state index contributed by atoms with van der Waals surface area (Å²) >= 11 is 0. The molecule has 0 fully saturated rings. The van der Waals surface area contributed by atoms with Crippen molar-refractivity contribution in [2.45, 2.75) is 26.4 Å². The first-order chi connectivity index (χ1) is 10.9. The highest BCUT2D eigenvalue weighted by Gasteiger charge is 2.33. The third-order valence-electron chi connectivity index (χ3n) is 3.06. The van der Waals surface area contributed by atoms with Crippen LogP contribution in [-0.4, -0.2) is 21.7 Å². The molecule has 0 unspecified atom stereocenters. The van der Waals surface area contributed by atoms with Crippen molar-refractivity contribution in [2.24, 2.45) is 5.92 Å². The molecule has 0 saturated carbocycles. The van der Waals surface area contributed by atoms with Gasteiger partial charge in [0, 0.05) is 6.54 Å². The third kappa shape index (κ3) is 5.08. The van der Waals surface area contributed by atoms with Gasteiger partial charge in [-0.2, -0.15) is 23.3 Å². The van der Waals surface area contributed by atoms with Crippen molar-refractivity contribution in [3.63, 3.8) is 0 Å². The van der Waals surface area contributed by atoms with Crippen LogP contribution in [0.4, 0.5) is 30.6 Å². The zero-order valence-electron chi connectivity index (χ0n) is 12.9. The fraction of sp³-hybridized carbons (Fsp3) is 0.400. The smallest absolute Gasteiger partial charge is 0.353 e. The molecule has 1 aromatic carbocycles. The second-order valence-corrected chi connectivity index (χ2v) is 5.44. The van der Waals surface area contributed by atoms with E-state index in [0.29, 0.717) is 12.5 Å². The minimum atomic E-state index is -4.44. The van der Waals surface area contributed by atoms with Gasteiger partial charge in [-0.3, -0.25) is 0 Å². The van der Waals surface area contributed by atoms with Gasteiger partial charge in [0.25, 0.3) is 0 Å². The number of alkyl halides is 3. The molecular weight excluding hydrogens is 307 g/mol. The van der Waals surface area contributed by atoms with Crippen LogP contribution in [0, 0.1) is 5.92 Å². The lowest BCUT2D eigenvalue weighted by atomic mass is 10.1. The molecule has 0 aliphatic heterocycles. The molecule has 0 saturated heterocycles. The molecule has 5 nitrogen and oxygen atoms in total. The van der Waals surface area contributed by atoms with E-state index in [2.05, 4.69) is 39.7 Å². The fourth-order valence-corrected chi connectivity index (χ4v) is 1.89. The Morgan fingerprint density at radius 2 is 1.91 bits per heavy atom. The predicted molar refractivity (Wildman–Crippen MR) is 82.5 cm³/mol. The van der Waals surface area contributed by atoms with Gasteiger partial charge >= 0.3 is 6.18 Å². The van der Waals surface area contributed by atoms with Gasteiger partial charge in [-0.25, -0.2) is 0 Å². The van der Waals surface area contributed by atoms with E-state index in [1.807, 2.05) is 0 Å². The molecule has 0 radical (unpaired) electrons. The van der Waals surface area contributed by atoms with Crippen molar-refractivity contribution in [2.75, 3.05) is 17.2 Å². The van der Waals surface area contributed by atoms with Crippen LogP contribution in [0.25, 0.3) is 0 Å². The van der Waals surface area contributed by atoms with Gasteiger partial charge in [0.05, 0.1) is 17.4 Å². The van der Waals surface area contributed by atoms with Crippen LogP contribution in [0.1, 0.15) is 25.8 Å². The topological polar surface area (TPSA) is 62.7 Å². The van der Waals surface area contributed by atoms with Crippen molar-refractivity contribution in [1.29, 1.82) is 0 Å². The van der Waals surface area contributed by atoms with Crippen LogP contribution in [-0.2, 0) is 6.18 Å². The van der Waals surface area contributed by atoms with E-state index in [1.54, 1.807) is 0 Å². The zero-order chi connectivity index (χ0) is 16.9. The molecule has 0 bridgehead atoms. The van der Waals surface area contributed by atoms with Crippen molar-refractivity contribution < 1.29 is 13.2 Å². The molecule has 0 spiro atoms. The van der Waals surface area contributed by atoms with E-state index in [1.165, 1.54) is 24.4 Å². The zero-order valence-corrected chi connectivity index (χ0v) is 12.9. The second-order valence-electron chi connectivity index (χ2n) is 5.44. The molecule has 0 aliphatic carbocycles. The maximum absolute atomic E-state index is 13.0. The SMILES string of the molecule is CC(C)CCNc1nncc(Nc2ccccc2C(F)(F)F)n1. The Kier molecular flexibility index (Phi) is 5.36. The van der Waals surface area contributed by atoms with Gasteiger partial charge in [-0.15, -0.1) is 5.10 Å². The number of aromatic nitrogens is 3. The van der Waals surface area contributed by atoms with Crippen molar-refractivity contribution in [3.05, 3.63) is 36.0 Å². The normalized spacial score (nSPS) is 11.6. The van der Waals surface area contributed by atoms with E-state index in [4.69, 9.17) is 0 Å². The highest BCUT2D eigenvalue weighted by molar-refractivity contribution is 5.61. The van der Waals surface area contributed by atoms with Crippen LogP contribution < -0.4 is 10.6 Å². The summed E-state index contributed by atoms with van der Waals surface area (Å²) < 4.78 is 38.9. The molecule has 0 aliphatic rings. The van der Waals surface area contributed by atoms with Gasteiger partial charge in [-0.05, 0) is 24.5 Å². The fourth-order valence-electron chi connectivity index (χ4n) is 1.89. The Morgan fingerprint density at radius 3 is 2.61 bits per heavy atom. The first kappa shape index (κ1) is 17.0. The van der Waals surface area contributed by atoms with E-state index < -0.39 is 11.7 Å². The Labute approximate surface area is 132 Å². The number of halogens is 3. The van der Waals surface area contributed by atoms with Crippen molar-refractivity contribution in [1.82, 2.24) is 15.2 Å². The Hall–Kier alpha value is -2.38. The third-order valence-corrected chi connectivity index (χ3v) is 3.06. The molecule has 1 heterocycles. The molecule has 0 amide bonds. The summed E-state index contributed by atoms with van der Waals surface area (Å²) in [7, 11) is 0. The number of benzene rings is 1. The molecule has 0 atom stereocenters. The number of anilines is 3. The lowest BCUT2D eigenvalue weighted by Gasteiger charge is -2.14. The molecule has 23 heavy (non-hydrogen) atoms. The molecule has 2 rings (SSSR count). The Morgan fingerprint density at radius 1 is 1.17 bits per heavy atom. The van der Waals surface area contributed by atoms with Gasteiger partial charge < -0.3 is 10.6 Å². The minimum absolute atomic E-state index is 0.0753. The van der Waals surface area contributed by atoms with E-state index in [9.17, 15) is 13.2 Å². The van der Waals surface area contributed by atoms with Gasteiger partial charge in [-0.1, -0.05) is 26.0 Å². The van der Waals surface area contributed by atoms with Gasteiger partial charge in [0.2, 0.25) is 5.95 Å². The number of nitrogens with zero attached hydrogens (tertiary/aromatic N) is 3. The van der Waals surface area contributed by atoms with Gasteiger partial charge in [0.15, 0.2) is 5.82 Å². The van der Waals surface area contributed by atoms with Crippen LogP contribution in [0.2, 0.25) is 0 Å². The predicted octanol–water partition coefficient (Wildman–Crippen LogP) is 4.09. The lowest BCUT2D eigenvalue weighted by molar-refractivity contribution is -0.136. The summed E-state index contributed by atoms with van der Waals surface area (Å²) in [6, 6.07) is 5.22. The average Bonchev–Trinajstić information content (AvgIpc) is 2.47. The van der Waals surface area contributed by atoms with E-state index in [0.717, 1.165) is 12.5 Å². The molecule has 124 valence electrons. The lowest BCUT2D eigenvalue weighted by Crippen LogP contribution is -2.11. The van der Waals surface area contributed by atoms with Crippen LogP contribution in [0.5, 0.6) is 0 Å².